The number of fused-ring (bicyclic) bond motifs is 2. The van der Waals surface area contributed by atoms with E-state index in [2.05, 4.69) is 28.6 Å². The minimum Gasteiger partial charge on any atom is -0.480 e. The van der Waals surface area contributed by atoms with E-state index in [4.69, 9.17) is 16.3 Å². The molecule has 1 aromatic heterocycles. The molecule has 24 heavy (non-hydrogen) atoms. The highest BCUT2D eigenvalue weighted by Gasteiger charge is 2.35. The number of hydrogen-bond donors (Lipinski definition) is 0. The summed E-state index contributed by atoms with van der Waals surface area (Å²) < 4.78 is 7.94. The molecule has 0 aliphatic carbocycles. The topological polar surface area (TPSA) is 60.2 Å². The number of amides is 1. The average molecular weight is 347 g/mol. The molecule has 2 aliphatic rings. The number of rotatable bonds is 2. The number of halogens is 1. The van der Waals surface area contributed by atoms with Gasteiger partial charge in [-0.2, -0.15) is 0 Å². The van der Waals surface area contributed by atoms with Crippen LogP contribution in [0.15, 0.2) is 18.2 Å². The highest BCUT2D eigenvalue weighted by atomic mass is 35.5. The van der Waals surface area contributed by atoms with Gasteiger partial charge in [0.15, 0.2) is 11.9 Å². The van der Waals surface area contributed by atoms with Gasteiger partial charge in [-0.15, -0.1) is 10.2 Å². The van der Waals surface area contributed by atoms with Gasteiger partial charge in [-0.1, -0.05) is 25.4 Å². The molecule has 126 valence electrons. The molecule has 2 aromatic rings. The molecule has 0 saturated heterocycles. The summed E-state index contributed by atoms with van der Waals surface area (Å²) in [6.07, 6.45) is 0.0901. The summed E-state index contributed by atoms with van der Waals surface area (Å²) >= 11 is 6.01. The Labute approximate surface area is 145 Å². The van der Waals surface area contributed by atoms with Gasteiger partial charge in [0.2, 0.25) is 0 Å². The summed E-state index contributed by atoms with van der Waals surface area (Å²) in [5, 5.41) is 9.17. The van der Waals surface area contributed by atoms with E-state index in [1.807, 2.05) is 17.0 Å². The fraction of sp³-hybridized carbons (Fsp3) is 0.471. The van der Waals surface area contributed by atoms with E-state index < -0.39 is 6.10 Å². The predicted molar refractivity (Wildman–Crippen MR) is 89.1 cm³/mol. The lowest BCUT2D eigenvalue weighted by Crippen LogP contribution is -2.45. The van der Waals surface area contributed by atoms with Crippen molar-refractivity contribution in [3.63, 3.8) is 0 Å². The summed E-state index contributed by atoms with van der Waals surface area (Å²) in [7, 11) is 0. The maximum atomic E-state index is 12.8. The van der Waals surface area contributed by atoms with Crippen LogP contribution in [0.5, 0.6) is 5.75 Å². The third-order valence-electron chi connectivity index (χ3n) is 4.58. The molecule has 4 rings (SSSR count). The van der Waals surface area contributed by atoms with Crippen LogP contribution >= 0.6 is 11.6 Å². The molecule has 0 saturated carbocycles. The molecular formula is C17H19ClN4O2. The van der Waals surface area contributed by atoms with Crippen LogP contribution < -0.4 is 4.74 Å². The van der Waals surface area contributed by atoms with E-state index in [1.165, 1.54) is 0 Å². The Bertz CT molecular complexity index is 802. The van der Waals surface area contributed by atoms with Crippen LogP contribution in [0.1, 0.15) is 37.0 Å². The van der Waals surface area contributed by atoms with Crippen molar-refractivity contribution in [1.82, 2.24) is 19.7 Å². The largest absolute Gasteiger partial charge is 0.480 e. The molecule has 1 aromatic carbocycles. The van der Waals surface area contributed by atoms with Gasteiger partial charge in [0.25, 0.3) is 5.91 Å². The first-order chi connectivity index (χ1) is 11.5. The van der Waals surface area contributed by atoms with E-state index in [0.717, 1.165) is 29.5 Å². The molecular weight excluding hydrogens is 328 g/mol. The maximum absolute atomic E-state index is 12.8. The molecule has 0 radical (unpaired) electrons. The molecule has 6 nitrogen and oxygen atoms in total. The lowest BCUT2D eigenvalue weighted by Gasteiger charge is -2.29. The number of benzene rings is 1. The lowest BCUT2D eigenvalue weighted by atomic mass is 10.1. The first kappa shape index (κ1) is 15.4. The third-order valence-corrected chi connectivity index (χ3v) is 4.82. The minimum atomic E-state index is -0.475. The van der Waals surface area contributed by atoms with Crippen LogP contribution in [0.3, 0.4) is 0 Å². The molecule has 7 heteroatoms. The van der Waals surface area contributed by atoms with Gasteiger partial charge < -0.3 is 14.2 Å². The molecule has 0 fully saturated rings. The molecule has 0 spiro atoms. The molecule has 1 unspecified atom stereocenters. The zero-order valence-corrected chi connectivity index (χ0v) is 14.5. The number of carbonyl (C=O) groups excluding carboxylic acids is 1. The van der Waals surface area contributed by atoms with Crippen molar-refractivity contribution in [2.24, 2.45) is 0 Å². The second kappa shape index (κ2) is 5.77. The normalized spacial score (nSPS) is 19.2. The second-order valence-electron chi connectivity index (χ2n) is 6.60. The Morgan fingerprint density at radius 2 is 2.17 bits per heavy atom. The third kappa shape index (κ3) is 2.55. The van der Waals surface area contributed by atoms with E-state index in [9.17, 15) is 4.79 Å². The summed E-state index contributed by atoms with van der Waals surface area (Å²) in [5.41, 5.74) is 0.989. The molecule has 0 N–H and O–H groups in total. The standard InChI is InChI=1S/C17H19ClN4O2/c1-10(2)16-20-19-15-9-21(5-6-22(15)16)17(23)14-8-11-7-12(18)3-4-13(11)24-14/h3-4,7,10,14H,5-6,8-9H2,1-2H3. The zero-order chi connectivity index (χ0) is 16.8. The lowest BCUT2D eigenvalue weighted by molar-refractivity contribution is -0.139. The highest BCUT2D eigenvalue weighted by molar-refractivity contribution is 6.30. The van der Waals surface area contributed by atoms with Crippen LogP contribution in [0.4, 0.5) is 0 Å². The highest BCUT2D eigenvalue weighted by Crippen LogP contribution is 2.32. The Balaban J connectivity index is 1.49. The summed E-state index contributed by atoms with van der Waals surface area (Å²) in [5.74, 6) is 2.90. The maximum Gasteiger partial charge on any atom is 0.264 e. The fourth-order valence-electron chi connectivity index (χ4n) is 3.35. The quantitative estimate of drug-likeness (QED) is 0.837. The van der Waals surface area contributed by atoms with Gasteiger partial charge in [-0.05, 0) is 23.8 Å². The van der Waals surface area contributed by atoms with Crippen LogP contribution in [-0.4, -0.2) is 38.2 Å². The molecule has 3 heterocycles. The molecule has 0 bridgehead atoms. The smallest absolute Gasteiger partial charge is 0.264 e. The summed E-state index contributed by atoms with van der Waals surface area (Å²) in [4.78, 5) is 14.6. The first-order valence-electron chi connectivity index (χ1n) is 8.19. The second-order valence-corrected chi connectivity index (χ2v) is 7.04. The molecule has 1 atom stereocenters. The Kier molecular flexibility index (Phi) is 3.72. The van der Waals surface area contributed by atoms with Gasteiger partial charge in [-0.25, -0.2) is 0 Å². The van der Waals surface area contributed by atoms with Crippen LogP contribution in [0.2, 0.25) is 5.02 Å². The van der Waals surface area contributed by atoms with Gasteiger partial charge in [-0.3, -0.25) is 4.79 Å². The van der Waals surface area contributed by atoms with Crippen molar-refractivity contribution >= 4 is 17.5 Å². The van der Waals surface area contributed by atoms with Gasteiger partial charge in [0, 0.05) is 30.5 Å². The van der Waals surface area contributed by atoms with E-state index in [1.54, 1.807) is 6.07 Å². The Morgan fingerprint density at radius 1 is 1.33 bits per heavy atom. The number of carbonyl (C=O) groups is 1. The number of hydrogen-bond acceptors (Lipinski definition) is 4. The predicted octanol–water partition coefficient (Wildman–Crippen LogP) is 2.40. The van der Waals surface area contributed by atoms with Crippen LogP contribution in [-0.2, 0) is 24.3 Å². The monoisotopic (exact) mass is 346 g/mol. The number of aromatic nitrogens is 3. The van der Waals surface area contributed by atoms with Crippen molar-refractivity contribution in [1.29, 1.82) is 0 Å². The van der Waals surface area contributed by atoms with Crippen molar-refractivity contribution in [2.75, 3.05) is 6.54 Å². The van der Waals surface area contributed by atoms with E-state index in [-0.39, 0.29) is 5.91 Å². The molecule has 1 amide bonds. The van der Waals surface area contributed by atoms with Gasteiger partial charge in [0.1, 0.15) is 11.6 Å². The van der Waals surface area contributed by atoms with Gasteiger partial charge >= 0.3 is 0 Å². The Hall–Kier alpha value is -2.08. The van der Waals surface area contributed by atoms with Gasteiger partial charge in [0.05, 0.1) is 6.54 Å². The van der Waals surface area contributed by atoms with Crippen LogP contribution in [0, 0.1) is 0 Å². The van der Waals surface area contributed by atoms with Crippen molar-refractivity contribution < 1.29 is 9.53 Å². The zero-order valence-electron chi connectivity index (χ0n) is 13.7. The van der Waals surface area contributed by atoms with Crippen molar-refractivity contribution in [2.45, 2.75) is 45.4 Å². The SMILES string of the molecule is CC(C)c1nnc2n1CCN(C(=O)C1Cc3cc(Cl)ccc3O1)C2. The Morgan fingerprint density at radius 3 is 2.96 bits per heavy atom. The fourth-order valence-corrected chi connectivity index (χ4v) is 3.55. The summed E-state index contributed by atoms with van der Waals surface area (Å²) in [6, 6.07) is 5.47. The summed E-state index contributed by atoms with van der Waals surface area (Å²) in [6.45, 7) is 6.07. The minimum absolute atomic E-state index is 0.00247. The number of ether oxygens (including phenoxy) is 1. The van der Waals surface area contributed by atoms with Crippen LogP contribution in [0.25, 0.3) is 0 Å². The van der Waals surface area contributed by atoms with Crippen molar-refractivity contribution in [3.8, 4) is 5.75 Å². The molecule has 2 aliphatic heterocycles. The number of nitrogens with zero attached hydrogens (tertiary/aromatic N) is 4. The average Bonchev–Trinajstić information content (AvgIpc) is 3.16. The first-order valence-corrected chi connectivity index (χ1v) is 8.56. The van der Waals surface area contributed by atoms with E-state index >= 15 is 0 Å². The van der Waals surface area contributed by atoms with Crippen molar-refractivity contribution in [3.05, 3.63) is 40.4 Å². The van der Waals surface area contributed by atoms with E-state index in [0.29, 0.717) is 30.5 Å².